The first-order chi connectivity index (χ1) is 9.63. The lowest BCUT2D eigenvalue weighted by atomic mass is 9.67. The zero-order chi connectivity index (χ0) is 14.2. The van der Waals surface area contributed by atoms with Crippen molar-refractivity contribution in [2.45, 2.75) is 38.5 Å². The van der Waals surface area contributed by atoms with Crippen LogP contribution in [0, 0.1) is 17.3 Å². The first-order valence-corrected chi connectivity index (χ1v) is 7.93. The third-order valence-corrected chi connectivity index (χ3v) is 5.65. The molecule has 2 heterocycles. The summed E-state index contributed by atoms with van der Waals surface area (Å²) in [5.74, 6) is 0.585. The van der Waals surface area contributed by atoms with E-state index in [0.717, 1.165) is 32.4 Å². The molecule has 2 saturated heterocycles. The fourth-order valence-corrected chi connectivity index (χ4v) is 4.35. The van der Waals surface area contributed by atoms with Crippen LogP contribution in [-0.4, -0.2) is 42.9 Å². The largest absolute Gasteiger partial charge is 0.369 e. The summed E-state index contributed by atoms with van der Waals surface area (Å²) in [5.41, 5.74) is 5.21. The number of halogens is 1. The molecule has 0 aromatic carbocycles. The molecule has 1 saturated carbocycles. The number of nitrogens with one attached hydrogen (secondary N) is 1. The first-order valence-electron chi connectivity index (χ1n) is 7.93. The van der Waals surface area contributed by atoms with E-state index in [-0.39, 0.29) is 29.6 Å². The van der Waals surface area contributed by atoms with Crippen LogP contribution in [0.1, 0.15) is 38.5 Å². The molecule has 2 atom stereocenters. The highest BCUT2D eigenvalue weighted by atomic mass is 35.5. The lowest BCUT2D eigenvalue weighted by molar-refractivity contribution is -0.147. The summed E-state index contributed by atoms with van der Waals surface area (Å²) in [6.07, 6.45) is 6.09. The van der Waals surface area contributed by atoms with E-state index in [0.29, 0.717) is 24.9 Å². The maximum atomic E-state index is 13.0. The highest BCUT2D eigenvalue weighted by molar-refractivity contribution is 5.85. The summed E-state index contributed by atoms with van der Waals surface area (Å²) in [5, 5.41) is 3.43. The van der Waals surface area contributed by atoms with Gasteiger partial charge in [0, 0.05) is 25.6 Å². The Labute approximate surface area is 132 Å². The van der Waals surface area contributed by atoms with Gasteiger partial charge in [-0.25, -0.2) is 0 Å². The highest BCUT2D eigenvalue weighted by Crippen LogP contribution is 2.45. The average molecular weight is 316 g/mol. The molecule has 0 spiro atoms. The van der Waals surface area contributed by atoms with Gasteiger partial charge in [-0.05, 0) is 38.1 Å². The molecule has 0 radical (unpaired) electrons. The number of carbonyl (C=O) groups is 2. The van der Waals surface area contributed by atoms with Crippen LogP contribution in [0.25, 0.3) is 0 Å². The number of piperidine rings is 1. The summed E-state index contributed by atoms with van der Waals surface area (Å²) in [7, 11) is 0. The van der Waals surface area contributed by atoms with Crippen LogP contribution in [0.2, 0.25) is 0 Å². The summed E-state index contributed by atoms with van der Waals surface area (Å²) in [6.45, 7) is 3.22. The lowest BCUT2D eigenvalue weighted by Crippen LogP contribution is -2.52. The molecule has 0 aromatic rings. The number of hydrogen-bond donors (Lipinski definition) is 2. The predicted molar refractivity (Wildman–Crippen MR) is 83.0 cm³/mol. The molecule has 6 heteroatoms. The van der Waals surface area contributed by atoms with Gasteiger partial charge in [-0.3, -0.25) is 9.59 Å². The summed E-state index contributed by atoms with van der Waals surface area (Å²) >= 11 is 0. The van der Waals surface area contributed by atoms with Crippen LogP contribution in [0.3, 0.4) is 0 Å². The van der Waals surface area contributed by atoms with Gasteiger partial charge in [-0.2, -0.15) is 0 Å². The van der Waals surface area contributed by atoms with E-state index in [9.17, 15) is 9.59 Å². The minimum absolute atomic E-state index is 0. The molecule has 21 heavy (non-hydrogen) atoms. The Kier molecular flexibility index (Phi) is 5.15. The van der Waals surface area contributed by atoms with Gasteiger partial charge in [-0.15, -0.1) is 12.4 Å². The van der Waals surface area contributed by atoms with E-state index >= 15 is 0 Å². The average Bonchev–Trinajstić information content (AvgIpc) is 2.91. The Morgan fingerprint density at radius 2 is 1.86 bits per heavy atom. The minimum atomic E-state index is -0.215. The van der Waals surface area contributed by atoms with Crippen molar-refractivity contribution in [2.24, 2.45) is 23.0 Å². The van der Waals surface area contributed by atoms with E-state index in [1.807, 2.05) is 4.90 Å². The third-order valence-electron chi connectivity index (χ3n) is 5.65. The maximum absolute atomic E-state index is 13.0. The van der Waals surface area contributed by atoms with Gasteiger partial charge in [0.1, 0.15) is 0 Å². The van der Waals surface area contributed by atoms with E-state index < -0.39 is 0 Å². The number of rotatable bonds is 2. The maximum Gasteiger partial charge on any atom is 0.230 e. The number of hydrogen-bond acceptors (Lipinski definition) is 3. The fraction of sp³-hybridized carbons (Fsp3) is 0.867. The predicted octanol–water partition coefficient (Wildman–Crippen LogP) is 0.912. The van der Waals surface area contributed by atoms with Crippen molar-refractivity contribution in [3.05, 3.63) is 0 Å². The van der Waals surface area contributed by atoms with Crippen LogP contribution < -0.4 is 11.1 Å². The van der Waals surface area contributed by atoms with E-state index in [1.54, 1.807) is 0 Å². The molecule has 2 amide bonds. The summed E-state index contributed by atoms with van der Waals surface area (Å²) in [4.78, 5) is 26.2. The number of fused-ring (bicyclic) bond motifs is 1. The highest BCUT2D eigenvalue weighted by Gasteiger charge is 2.51. The number of amides is 2. The van der Waals surface area contributed by atoms with E-state index in [2.05, 4.69) is 5.32 Å². The molecule has 1 aliphatic carbocycles. The number of nitrogens with two attached hydrogens (primary N) is 1. The molecule has 3 N–H and O–H groups in total. The molecule has 3 aliphatic rings. The Morgan fingerprint density at radius 3 is 2.52 bits per heavy atom. The fourth-order valence-electron chi connectivity index (χ4n) is 4.35. The van der Waals surface area contributed by atoms with E-state index in [4.69, 9.17) is 5.73 Å². The third kappa shape index (κ3) is 2.90. The molecule has 3 fully saturated rings. The van der Waals surface area contributed by atoms with Crippen LogP contribution in [0.15, 0.2) is 0 Å². The molecular formula is C15H26ClN3O2. The zero-order valence-electron chi connectivity index (χ0n) is 12.5. The molecule has 5 nitrogen and oxygen atoms in total. The number of carbonyl (C=O) groups excluding carboxylic acids is 2. The molecule has 0 bridgehead atoms. The van der Waals surface area contributed by atoms with Crippen molar-refractivity contribution < 1.29 is 9.59 Å². The van der Waals surface area contributed by atoms with Crippen LogP contribution in [0.4, 0.5) is 0 Å². The topological polar surface area (TPSA) is 75.4 Å². The lowest BCUT2D eigenvalue weighted by Gasteiger charge is -2.42. The quantitative estimate of drug-likeness (QED) is 0.795. The molecule has 120 valence electrons. The van der Waals surface area contributed by atoms with Gasteiger partial charge in [0.2, 0.25) is 11.8 Å². The van der Waals surface area contributed by atoms with Gasteiger partial charge >= 0.3 is 0 Å². The van der Waals surface area contributed by atoms with Gasteiger partial charge in [-0.1, -0.05) is 12.8 Å². The Morgan fingerprint density at radius 1 is 1.14 bits per heavy atom. The summed E-state index contributed by atoms with van der Waals surface area (Å²) in [6, 6.07) is 0. The molecule has 2 aliphatic heterocycles. The van der Waals surface area contributed by atoms with Crippen molar-refractivity contribution in [3.63, 3.8) is 0 Å². The normalized spacial score (nSPS) is 33.1. The van der Waals surface area contributed by atoms with Crippen molar-refractivity contribution in [3.8, 4) is 0 Å². The van der Waals surface area contributed by atoms with Gasteiger partial charge < -0.3 is 16.0 Å². The molecule has 0 unspecified atom stereocenters. The standard InChI is InChI=1S/C15H25N3O2.ClH/c16-13(19)11-4-7-18(8-5-11)14(20)15-6-2-1-3-12(15)9-17-10-15;/h11-12,17H,1-10H2,(H2,16,19);1H/t12-,15+;/m0./s1. The van der Waals surface area contributed by atoms with Crippen LogP contribution in [0.5, 0.6) is 0 Å². The van der Waals surface area contributed by atoms with Crippen LogP contribution in [-0.2, 0) is 9.59 Å². The molecule has 3 rings (SSSR count). The van der Waals surface area contributed by atoms with Crippen molar-refractivity contribution >= 4 is 24.2 Å². The van der Waals surface area contributed by atoms with Gasteiger partial charge in [0.25, 0.3) is 0 Å². The van der Waals surface area contributed by atoms with Crippen molar-refractivity contribution in [2.75, 3.05) is 26.2 Å². The number of nitrogens with zero attached hydrogens (tertiary/aromatic N) is 1. The number of likely N-dealkylation sites (tertiary alicyclic amines) is 1. The van der Waals surface area contributed by atoms with Crippen molar-refractivity contribution in [1.82, 2.24) is 10.2 Å². The second-order valence-electron chi connectivity index (χ2n) is 6.70. The molecule has 0 aromatic heterocycles. The second-order valence-corrected chi connectivity index (χ2v) is 6.70. The zero-order valence-corrected chi connectivity index (χ0v) is 13.3. The molecular weight excluding hydrogens is 290 g/mol. The van der Waals surface area contributed by atoms with Gasteiger partial charge in [0.05, 0.1) is 5.41 Å². The second kappa shape index (κ2) is 6.53. The van der Waals surface area contributed by atoms with Gasteiger partial charge in [0.15, 0.2) is 0 Å². The SMILES string of the molecule is Cl.NC(=O)C1CCN(C(=O)[C@@]23CCCC[C@H]2CNC3)CC1. The minimum Gasteiger partial charge on any atom is -0.369 e. The van der Waals surface area contributed by atoms with Crippen molar-refractivity contribution in [1.29, 1.82) is 0 Å². The van der Waals surface area contributed by atoms with E-state index in [1.165, 1.54) is 19.3 Å². The Hall–Kier alpha value is -0.810. The smallest absolute Gasteiger partial charge is 0.230 e. The Bertz CT molecular complexity index is 410. The first kappa shape index (κ1) is 16.6. The number of primary amides is 1. The van der Waals surface area contributed by atoms with Crippen LogP contribution >= 0.6 is 12.4 Å². The monoisotopic (exact) mass is 315 g/mol. The summed E-state index contributed by atoms with van der Waals surface area (Å²) < 4.78 is 0. The Balaban J connectivity index is 0.00000161.